The van der Waals surface area contributed by atoms with Gasteiger partial charge in [0.15, 0.2) is 0 Å². The summed E-state index contributed by atoms with van der Waals surface area (Å²) in [5.74, 6) is 4.97. The minimum atomic E-state index is 0.890. The fourth-order valence-electron chi connectivity index (χ4n) is 0.779. The van der Waals surface area contributed by atoms with Gasteiger partial charge in [-0.3, -0.25) is 0 Å². The highest BCUT2D eigenvalue weighted by Crippen LogP contribution is 1.93. The second-order valence-corrected chi connectivity index (χ2v) is 1.88. The SMILES string of the molecule is CCn1cncc1/C=N/N. The molecular weight excluding hydrogens is 128 g/mol. The maximum absolute atomic E-state index is 4.97. The minimum absolute atomic E-state index is 0.890. The van der Waals surface area contributed by atoms with E-state index in [2.05, 4.69) is 10.1 Å². The van der Waals surface area contributed by atoms with E-state index in [0.717, 1.165) is 12.2 Å². The molecule has 0 aliphatic heterocycles. The molecule has 0 aromatic carbocycles. The molecular formula is C6H10N4. The van der Waals surface area contributed by atoms with Crippen molar-refractivity contribution in [2.45, 2.75) is 13.5 Å². The van der Waals surface area contributed by atoms with Crippen LogP contribution >= 0.6 is 0 Å². The molecule has 4 heteroatoms. The summed E-state index contributed by atoms with van der Waals surface area (Å²) in [6, 6.07) is 0. The van der Waals surface area contributed by atoms with E-state index in [-0.39, 0.29) is 0 Å². The molecule has 1 aromatic heterocycles. The normalized spacial score (nSPS) is 10.9. The zero-order valence-corrected chi connectivity index (χ0v) is 5.86. The molecule has 0 atom stereocenters. The minimum Gasteiger partial charge on any atom is -0.330 e. The summed E-state index contributed by atoms with van der Waals surface area (Å²) < 4.78 is 1.95. The van der Waals surface area contributed by atoms with Crippen LogP contribution in [-0.2, 0) is 6.54 Å². The first-order valence-corrected chi connectivity index (χ1v) is 3.12. The Morgan fingerprint density at radius 1 is 1.90 bits per heavy atom. The molecule has 0 saturated carbocycles. The van der Waals surface area contributed by atoms with E-state index in [9.17, 15) is 0 Å². The summed E-state index contributed by atoms with van der Waals surface area (Å²) in [5, 5.41) is 3.40. The molecule has 0 aliphatic carbocycles. The van der Waals surface area contributed by atoms with Crippen molar-refractivity contribution in [2.75, 3.05) is 0 Å². The number of rotatable bonds is 2. The van der Waals surface area contributed by atoms with Crippen LogP contribution in [0, 0.1) is 0 Å². The Kier molecular flexibility index (Phi) is 2.04. The van der Waals surface area contributed by atoms with Gasteiger partial charge in [0.1, 0.15) is 0 Å². The average Bonchev–Trinajstić information content (AvgIpc) is 2.36. The Balaban J connectivity index is 2.90. The van der Waals surface area contributed by atoms with E-state index in [1.807, 2.05) is 11.5 Å². The molecule has 4 nitrogen and oxygen atoms in total. The fraction of sp³-hybridized carbons (Fsp3) is 0.333. The maximum atomic E-state index is 4.97. The number of hydrazone groups is 1. The van der Waals surface area contributed by atoms with Crippen LogP contribution in [0.2, 0.25) is 0 Å². The molecule has 0 bridgehead atoms. The Hall–Kier alpha value is -1.32. The second kappa shape index (κ2) is 3.00. The Bertz CT molecular complexity index is 225. The van der Waals surface area contributed by atoms with E-state index in [0.29, 0.717) is 0 Å². The van der Waals surface area contributed by atoms with Gasteiger partial charge in [-0.15, -0.1) is 0 Å². The van der Waals surface area contributed by atoms with E-state index >= 15 is 0 Å². The second-order valence-electron chi connectivity index (χ2n) is 1.88. The molecule has 0 fully saturated rings. The lowest BCUT2D eigenvalue weighted by molar-refractivity contribution is 0.756. The molecule has 0 radical (unpaired) electrons. The van der Waals surface area contributed by atoms with Gasteiger partial charge in [-0.25, -0.2) is 4.98 Å². The van der Waals surface area contributed by atoms with Crippen molar-refractivity contribution >= 4 is 6.21 Å². The summed E-state index contributed by atoms with van der Waals surface area (Å²) >= 11 is 0. The highest BCUT2D eigenvalue weighted by Gasteiger charge is 1.93. The van der Waals surface area contributed by atoms with Crippen LogP contribution in [0.25, 0.3) is 0 Å². The Morgan fingerprint density at radius 2 is 2.70 bits per heavy atom. The third-order valence-electron chi connectivity index (χ3n) is 1.29. The first-order valence-electron chi connectivity index (χ1n) is 3.12. The van der Waals surface area contributed by atoms with Gasteiger partial charge in [0.2, 0.25) is 0 Å². The van der Waals surface area contributed by atoms with E-state index in [4.69, 9.17) is 5.84 Å². The van der Waals surface area contributed by atoms with Gasteiger partial charge in [0.05, 0.1) is 24.4 Å². The van der Waals surface area contributed by atoms with Crippen LogP contribution < -0.4 is 5.84 Å². The first-order chi connectivity index (χ1) is 4.88. The van der Waals surface area contributed by atoms with Crippen LogP contribution in [0.4, 0.5) is 0 Å². The zero-order chi connectivity index (χ0) is 7.40. The van der Waals surface area contributed by atoms with Gasteiger partial charge in [0.25, 0.3) is 0 Å². The highest BCUT2D eigenvalue weighted by molar-refractivity contribution is 5.76. The molecule has 0 saturated heterocycles. The van der Waals surface area contributed by atoms with Gasteiger partial charge in [0, 0.05) is 6.54 Å². The van der Waals surface area contributed by atoms with Crippen molar-refractivity contribution in [2.24, 2.45) is 10.9 Å². The van der Waals surface area contributed by atoms with Gasteiger partial charge in [-0.2, -0.15) is 5.10 Å². The standard InChI is InChI=1S/C6H10N4/c1-2-10-5-8-3-6(10)4-9-7/h3-5H,2,7H2,1H3/b9-4+. The summed E-state index contributed by atoms with van der Waals surface area (Å²) in [6.07, 6.45) is 5.05. The lowest BCUT2D eigenvalue weighted by Crippen LogP contribution is -1.98. The predicted molar refractivity (Wildman–Crippen MR) is 39.7 cm³/mol. The number of aryl methyl sites for hydroxylation is 1. The van der Waals surface area contributed by atoms with Gasteiger partial charge in [-0.1, -0.05) is 0 Å². The van der Waals surface area contributed by atoms with Crippen LogP contribution in [-0.4, -0.2) is 15.8 Å². The zero-order valence-electron chi connectivity index (χ0n) is 5.86. The van der Waals surface area contributed by atoms with Crippen LogP contribution in [0.3, 0.4) is 0 Å². The lowest BCUT2D eigenvalue weighted by Gasteiger charge is -1.96. The van der Waals surface area contributed by atoms with Gasteiger partial charge >= 0.3 is 0 Å². The molecule has 10 heavy (non-hydrogen) atoms. The van der Waals surface area contributed by atoms with Crippen molar-refractivity contribution in [3.63, 3.8) is 0 Å². The van der Waals surface area contributed by atoms with Crippen molar-refractivity contribution in [3.05, 3.63) is 18.2 Å². The molecule has 1 aromatic rings. The number of imidazole rings is 1. The number of nitrogens with two attached hydrogens (primary N) is 1. The van der Waals surface area contributed by atoms with Gasteiger partial charge in [-0.05, 0) is 6.92 Å². The third-order valence-corrected chi connectivity index (χ3v) is 1.29. The third kappa shape index (κ3) is 1.15. The van der Waals surface area contributed by atoms with Crippen LogP contribution in [0.15, 0.2) is 17.6 Å². The fourth-order valence-corrected chi connectivity index (χ4v) is 0.779. The van der Waals surface area contributed by atoms with Crippen molar-refractivity contribution in [1.29, 1.82) is 0 Å². The molecule has 0 amide bonds. The number of hydrogen-bond donors (Lipinski definition) is 1. The quantitative estimate of drug-likeness (QED) is 0.360. The molecule has 0 aliphatic rings. The lowest BCUT2D eigenvalue weighted by atomic mass is 10.5. The molecule has 54 valence electrons. The maximum Gasteiger partial charge on any atom is 0.0951 e. The topological polar surface area (TPSA) is 56.2 Å². The predicted octanol–water partition coefficient (Wildman–Crippen LogP) is 0.196. The van der Waals surface area contributed by atoms with Crippen molar-refractivity contribution in [1.82, 2.24) is 9.55 Å². The van der Waals surface area contributed by atoms with E-state index < -0.39 is 0 Å². The van der Waals surface area contributed by atoms with Crippen LogP contribution in [0.5, 0.6) is 0 Å². The smallest absolute Gasteiger partial charge is 0.0951 e. The van der Waals surface area contributed by atoms with Crippen molar-refractivity contribution in [3.8, 4) is 0 Å². The highest BCUT2D eigenvalue weighted by atomic mass is 15.1. The number of aromatic nitrogens is 2. The first kappa shape index (κ1) is 6.80. The van der Waals surface area contributed by atoms with Gasteiger partial charge < -0.3 is 10.4 Å². The van der Waals surface area contributed by atoms with Crippen molar-refractivity contribution < 1.29 is 0 Å². The number of nitrogens with zero attached hydrogens (tertiary/aromatic N) is 3. The molecule has 0 unspecified atom stereocenters. The number of hydrogen-bond acceptors (Lipinski definition) is 3. The van der Waals surface area contributed by atoms with E-state index in [1.54, 1.807) is 18.7 Å². The molecule has 1 heterocycles. The molecule has 2 N–H and O–H groups in total. The summed E-state index contributed by atoms with van der Waals surface area (Å²) in [7, 11) is 0. The molecule has 1 rings (SSSR count). The monoisotopic (exact) mass is 138 g/mol. The Morgan fingerprint density at radius 3 is 3.30 bits per heavy atom. The van der Waals surface area contributed by atoms with Crippen LogP contribution in [0.1, 0.15) is 12.6 Å². The molecule has 0 spiro atoms. The summed E-state index contributed by atoms with van der Waals surface area (Å²) in [6.45, 7) is 2.93. The summed E-state index contributed by atoms with van der Waals surface area (Å²) in [4.78, 5) is 3.93. The van der Waals surface area contributed by atoms with E-state index in [1.165, 1.54) is 0 Å². The average molecular weight is 138 g/mol. The Labute approximate surface area is 59.4 Å². The largest absolute Gasteiger partial charge is 0.330 e. The summed E-state index contributed by atoms with van der Waals surface area (Å²) in [5.41, 5.74) is 0.935.